The summed E-state index contributed by atoms with van der Waals surface area (Å²) < 4.78 is 0.787. The Morgan fingerprint density at radius 2 is 2.14 bits per heavy atom. The lowest BCUT2D eigenvalue weighted by atomic mass is 10.1. The van der Waals surface area contributed by atoms with Crippen molar-refractivity contribution in [2.75, 3.05) is 12.3 Å². The number of anilines is 1. The van der Waals surface area contributed by atoms with Gasteiger partial charge in [0.2, 0.25) is 0 Å². The van der Waals surface area contributed by atoms with Crippen molar-refractivity contribution in [2.45, 2.75) is 52.0 Å². The number of halogens is 1. The zero-order valence-electron chi connectivity index (χ0n) is 12.8. The van der Waals surface area contributed by atoms with E-state index in [0.29, 0.717) is 23.3 Å². The van der Waals surface area contributed by atoms with Crippen molar-refractivity contribution in [3.63, 3.8) is 0 Å². The highest BCUT2D eigenvalue weighted by molar-refractivity contribution is 9.10. The van der Waals surface area contributed by atoms with Gasteiger partial charge in [-0.25, -0.2) is 4.98 Å². The molecular weight excluding hydrogens is 330 g/mol. The minimum atomic E-state index is 0.0221. The van der Waals surface area contributed by atoms with Crippen molar-refractivity contribution < 1.29 is 4.79 Å². The number of aromatic nitrogens is 1. The van der Waals surface area contributed by atoms with Crippen molar-refractivity contribution in [1.29, 1.82) is 0 Å². The molecule has 2 rings (SSSR count). The van der Waals surface area contributed by atoms with Gasteiger partial charge in [-0.15, -0.1) is 0 Å². The minimum absolute atomic E-state index is 0.0221. The summed E-state index contributed by atoms with van der Waals surface area (Å²) in [5, 5.41) is 0. The van der Waals surface area contributed by atoms with Crippen LogP contribution in [0.25, 0.3) is 0 Å². The summed E-state index contributed by atoms with van der Waals surface area (Å²) in [6, 6.07) is 2.14. The highest BCUT2D eigenvalue weighted by Crippen LogP contribution is 2.27. The lowest BCUT2D eigenvalue weighted by Gasteiger charge is -2.30. The Hall–Kier alpha value is -1.10. The van der Waals surface area contributed by atoms with Crippen LogP contribution in [0.3, 0.4) is 0 Å². The number of nitrogen functional groups attached to an aromatic ring is 1. The largest absolute Gasteiger partial charge is 0.383 e. The smallest absolute Gasteiger partial charge is 0.257 e. The number of nitrogens with zero attached hydrogens (tertiary/aromatic N) is 2. The molecule has 0 atom stereocenters. The molecule has 1 amide bonds. The molecule has 0 spiro atoms. The molecule has 0 saturated heterocycles. The molecule has 4 nitrogen and oxygen atoms in total. The second-order valence-electron chi connectivity index (χ2n) is 6.21. The Labute approximate surface area is 135 Å². The molecule has 2 N–H and O–H groups in total. The van der Waals surface area contributed by atoms with Gasteiger partial charge >= 0.3 is 0 Å². The molecule has 0 unspecified atom stereocenters. The number of carbonyl (C=O) groups excluding carboxylic acids is 1. The number of carbonyl (C=O) groups is 1. The summed E-state index contributed by atoms with van der Waals surface area (Å²) in [4.78, 5) is 19.0. The second kappa shape index (κ2) is 7.25. The molecule has 0 radical (unpaired) electrons. The summed E-state index contributed by atoms with van der Waals surface area (Å²) in [5.41, 5.74) is 6.42. The average molecular weight is 354 g/mol. The molecule has 0 bridgehead atoms. The molecule has 1 aliphatic carbocycles. The Morgan fingerprint density at radius 3 is 2.76 bits per heavy atom. The molecule has 1 aromatic heterocycles. The average Bonchev–Trinajstić information content (AvgIpc) is 2.95. The summed E-state index contributed by atoms with van der Waals surface area (Å²) in [5.74, 6) is 0.921. The first kappa shape index (κ1) is 16.3. The monoisotopic (exact) mass is 353 g/mol. The van der Waals surface area contributed by atoms with Gasteiger partial charge < -0.3 is 10.6 Å². The van der Waals surface area contributed by atoms with Gasteiger partial charge in [0, 0.05) is 23.3 Å². The second-order valence-corrected chi connectivity index (χ2v) is 7.12. The number of amides is 1. The number of hydrogen-bond donors (Lipinski definition) is 1. The summed E-state index contributed by atoms with van der Waals surface area (Å²) in [6.45, 7) is 5.17. The topological polar surface area (TPSA) is 59.2 Å². The van der Waals surface area contributed by atoms with E-state index >= 15 is 0 Å². The van der Waals surface area contributed by atoms with Gasteiger partial charge in [-0.1, -0.05) is 26.7 Å². The van der Waals surface area contributed by atoms with Gasteiger partial charge in [-0.05, 0) is 47.2 Å². The quantitative estimate of drug-likeness (QED) is 0.874. The van der Waals surface area contributed by atoms with Crippen LogP contribution in [0.15, 0.2) is 16.7 Å². The maximum Gasteiger partial charge on any atom is 0.257 e. The molecule has 1 saturated carbocycles. The predicted molar refractivity (Wildman–Crippen MR) is 89.1 cm³/mol. The van der Waals surface area contributed by atoms with E-state index in [2.05, 4.69) is 34.8 Å². The highest BCUT2D eigenvalue weighted by Gasteiger charge is 2.28. The van der Waals surface area contributed by atoms with Gasteiger partial charge in [-0.3, -0.25) is 4.79 Å². The van der Waals surface area contributed by atoms with Gasteiger partial charge in [-0.2, -0.15) is 0 Å². The number of nitrogens with two attached hydrogens (primary N) is 1. The number of rotatable bonds is 5. The first-order chi connectivity index (χ1) is 9.99. The molecular formula is C16H24BrN3O. The van der Waals surface area contributed by atoms with Crippen LogP contribution >= 0.6 is 15.9 Å². The Balaban J connectivity index is 2.21. The van der Waals surface area contributed by atoms with Crippen molar-refractivity contribution in [2.24, 2.45) is 5.92 Å². The van der Waals surface area contributed by atoms with Crippen LogP contribution in [0.2, 0.25) is 0 Å². The first-order valence-electron chi connectivity index (χ1n) is 7.71. The van der Waals surface area contributed by atoms with Gasteiger partial charge in [0.25, 0.3) is 5.91 Å². The molecule has 0 aromatic carbocycles. The highest BCUT2D eigenvalue weighted by atomic mass is 79.9. The van der Waals surface area contributed by atoms with E-state index in [9.17, 15) is 4.79 Å². The molecule has 21 heavy (non-hydrogen) atoms. The van der Waals surface area contributed by atoms with Crippen molar-refractivity contribution in [3.8, 4) is 0 Å². The molecule has 116 valence electrons. The fourth-order valence-electron chi connectivity index (χ4n) is 2.84. The lowest BCUT2D eigenvalue weighted by molar-refractivity contribution is 0.0672. The van der Waals surface area contributed by atoms with Crippen LogP contribution in [-0.2, 0) is 0 Å². The molecule has 1 aromatic rings. The third-order valence-electron chi connectivity index (χ3n) is 4.09. The predicted octanol–water partition coefficient (Wildman–Crippen LogP) is 3.86. The van der Waals surface area contributed by atoms with Gasteiger partial charge in [0.15, 0.2) is 0 Å². The fraction of sp³-hybridized carbons (Fsp3) is 0.625. The summed E-state index contributed by atoms with van der Waals surface area (Å²) in [7, 11) is 0. The van der Waals surface area contributed by atoms with Crippen LogP contribution < -0.4 is 5.73 Å². The molecule has 1 aliphatic rings. The van der Waals surface area contributed by atoms with Crippen LogP contribution in [-0.4, -0.2) is 28.4 Å². The maximum atomic E-state index is 12.9. The maximum absolute atomic E-state index is 12.9. The van der Waals surface area contributed by atoms with E-state index in [1.807, 2.05) is 4.90 Å². The van der Waals surface area contributed by atoms with Crippen LogP contribution in [0.5, 0.6) is 0 Å². The van der Waals surface area contributed by atoms with E-state index in [4.69, 9.17) is 5.73 Å². The minimum Gasteiger partial charge on any atom is -0.383 e. The summed E-state index contributed by atoms with van der Waals surface area (Å²) in [6.07, 6.45) is 7.27. The zero-order chi connectivity index (χ0) is 15.4. The third-order valence-corrected chi connectivity index (χ3v) is 4.52. The number of pyridine rings is 1. The van der Waals surface area contributed by atoms with Crippen molar-refractivity contribution in [3.05, 3.63) is 22.3 Å². The Morgan fingerprint density at radius 1 is 1.48 bits per heavy atom. The van der Waals surface area contributed by atoms with E-state index in [0.717, 1.165) is 30.3 Å². The fourth-order valence-corrected chi connectivity index (χ4v) is 3.17. The number of hydrogen-bond acceptors (Lipinski definition) is 3. The molecule has 0 aliphatic heterocycles. The Kier molecular flexibility index (Phi) is 5.62. The SMILES string of the molecule is CC(C)CCN(C(=O)c1cc(Br)cnc1N)C1CCCC1. The first-order valence-corrected chi connectivity index (χ1v) is 8.50. The van der Waals surface area contributed by atoms with Crippen molar-refractivity contribution >= 4 is 27.7 Å². The van der Waals surface area contributed by atoms with Crippen LogP contribution in [0.1, 0.15) is 56.3 Å². The van der Waals surface area contributed by atoms with Crippen LogP contribution in [0, 0.1) is 5.92 Å². The third kappa shape index (κ3) is 4.19. The van der Waals surface area contributed by atoms with E-state index in [1.165, 1.54) is 12.8 Å². The van der Waals surface area contributed by atoms with Gasteiger partial charge in [0.1, 0.15) is 5.82 Å². The normalized spacial score (nSPS) is 15.6. The van der Waals surface area contributed by atoms with Crippen molar-refractivity contribution in [1.82, 2.24) is 9.88 Å². The molecule has 1 fully saturated rings. The van der Waals surface area contributed by atoms with E-state index < -0.39 is 0 Å². The lowest BCUT2D eigenvalue weighted by Crippen LogP contribution is -2.40. The summed E-state index contributed by atoms with van der Waals surface area (Å²) >= 11 is 3.37. The standard InChI is InChI=1S/C16H24BrN3O/c1-11(2)7-8-20(13-5-3-4-6-13)16(21)14-9-12(17)10-19-15(14)18/h9-11,13H,3-8H2,1-2H3,(H2,18,19). The zero-order valence-corrected chi connectivity index (χ0v) is 14.4. The van der Waals surface area contributed by atoms with Crippen LogP contribution in [0.4, 0.5) is 5.82 Å². The van der Waals surface area contributed by atoms with E-state index in [-0.39, 0.29) is 5.91 Å². The molecule has 5 heteroatoms. The van der Waals surface area contributed by atoms with Gasteiger partial charge in [0.05, 0.1) is 5.56 Å². The Bertz CT molecular complexity index is 498. The molecule has 1 heterocycles. The van der Waals surface area contributed by atoms with E-state index in [1.54, 1.807) is 12.3 Å².